The summed E-state index contributed by atoms with van der Waals surface area (Å²) in [6, 6.07) is 2.27. The molecular formula is C10H7ClFN5O2. The quantitative estimate of drug-likeness (QED) is 0.401. The lowest BCUT2D eigenvalue weighted by atomic mass is 10.2. The average Bonchev–Trinajstić information content (AvgIpc) is 2.38. The highest BCUT2D eigenvalue weighted by Gasteiger charge is 2.19. The molecule has 0 bridgehead atoms. The molecular weight excluding hydrogens is 277 g/mol. The Bertz CT molecular complexity index is 625. The van der Waals surface area contributed by atoms with Crippen LogP contribution in [0.1, 0.15) is 5.69 Å². The zero-order valence-corrected chi connectivity index (χ0v) is 10.1. The van der Waals surface area contributed by atoms with Crippen LogP contribution in [0.4, 0.5) is 21.7 Å². The number of alkyl halides is 1. The van der Waals surface area contributed by atoms with E-state index < -0.39 is 10.9 Å². The third-order valence-corrected chi connectivity index (χ3v) is 2.44. The van der Waals surface area contributed by atoms with Gasteiger partial charge in [0.2, 0.25) is 11.9 Å². The van der Waals surface area contributed by atoms with Gasteiger partial charge in [0.05, 0.1) is 16.5 Å². The van der Waals surface area contributed by atoms with Gasteiger partial charge in [-0.2, -0.15) is 9.37 Å². The van der Waals surface area contributed by atoms with Gasteiger partial charge in [-0.3, -0.25) is 15.1 Å². The van der Waals surface area contributed by atoms with Crippen LogP contribution in [0.15, 0.2) is 24.5 Å². The molecule has 2 aromatic heterocycles. The molecule has 0 unspecified atom stereocenters. The second kappa shape index (κ2) is 5.53. The standard InChI is InChI=1S/C10H7ClFN5O2/c11-5-6-9(7(17(18)19)1-3-13-6)16-10-14-4-2-8(12)15-10/h1-4H,5H2,(H,14,15,16). The van der Waals surface area contributed by atoms with Gasteiger partial charge < -0.3 is 5.32 Å². The van der Waals surface area contributed by atoms with E-state index in [1.165, 1.54) is 18.5 Å². The number of rotatable bonds is 4. The molecule has 1 N–H and O–H groups in total. The fraction of sp³-hybridized carbons (Fsp3) is 0.100. The minimum Gasteiger partial charge on any atom is -0.317 e. The highest BCUT2D eigenvalue weighted by molar-refractivity contribution is 6.17. The van der Waals surface area contributed by atoms with E-state index in [2.05, 4.69) is 20.3 Å². The minimum atomic E-state index is -0.753. The zero-order chi connectivity index (χ0) is 13.8. The maximum atomic E-state index is 12.9. The first-order chi connectivity index (χ1) is 9.11. The summed E-state index contributed by atoms with van der Waals surface area (Å²) in [5.41, 5.74) is 0.0651. The predicted molar refractivity (Wildman–Crippen MR) is 65.7 cm³/mol. The van der Waals surface area contributed by atoms with Gasteiger partial charge >= 0.3 is 0 Å². The molecule has 98 valence electrons. The molecule has 0 aliphatic carbocycles. The fourth-order valence-corrected chi connectivity index (χ4v) is 1.59. The van der Waals surface area contributed by atoms with E-state index >= 15 is 0 Å². The molecule has 2 aromatic rings. The first kappa shape index (κ1) is 13.1. The monoisotopic (exact) mass is 283 g/mol. The van der Waals surface area contributed by atoms with Crippen LogP contribution in [0.5, 0.6) is 0 Å². The summed E-state index contributed by atoms with van der Waals surface area (Å²) in [6.45, 7) is 0. The molecule has 9 heteroatoms. The Morgan fingerprint density at radius 2 is 2.11 bits per heavy atom. The smallest absolute Gasteiger partial charge is 0.296 e. The normalized spacial score (nSPS) is 10.2. The number of nitrogens with one attached hydrogen (secondary N) is 1. The summed E-state index contributed by atoms with van der Waals surface area (Å²) >= 11 is 5.67. The van der Waals surface area contributed by atoms with Crippen molar-refractivity contribution in [1.29, 1.82) is 0 Å². The van der Waals surface area contributed by atoms with E-state index in [1.807, 2.05) is 0 Å². The summed E-state index contributed by atoms with van der Waals surface area (Å²) in [6.07, 6.45) is 2.46. The van der Waals surface area contributed by atoms with Gasteiger partial charge in [0.25, 0.3) is 5.69 Å². The van der Waals surface area contributed by atoms with Crippen molar-refractivity contribution >= 4 is 28.9 Å². The lowest BCUT2D eigenvalue weighted by Crippen LogP contribution is -2.05. The first-order valence-electron chi connectivity index (χ1n) is 5.05. The molecule has 0 fully saturated rings. The predicted octanol–water partition coefficient (Wildman–Crippen LogP) is 2.40. The van der Waals surface area contributed by atoms with E-state index in [0.717, 1.165) is 6.07 Å². The molecule has 0 amide bonds. The molecule has 0 saturated carbocycles. The maximum absolute atomic E-state index is 12.9. The van der Waals surface area contributed by atoms with Gasteiger partial charge in [-0.25, -0.2) is 4.98 Å². The number of nitrogens with zero attached hydrogens (tertiary/aromatic N) is 4. The van der Waals surface area contributed by atoms with Gasteiger partial charge in [0, 0.05) is 24.5 Å². The third kappa shape index (κ3) is 2.91. The molecule has 19 heavy (non-hydrogen) atoms. The SMILES string of the molecule is O=[N+]([O-])c1ccnc(CCl)c1Nc1nccc(F)n1. The topological polar surface area (TPSA) is 93.8 Å². The summed E-state index contributed by atoms with van der Waals surface area (Å²) in [5, 5.41) is 13.5. The van der Waals surface area contributed by atoms with Crippen molar-refractivity contribution in [1.82, 2.24) is 15.0 Å². The first-order valence-corrected chi connectivity index (χ1v) is 5.59. The van der Waals surface area contributed by atoms with Crippen molar-refractivity contribution in [2.24, 2.45) is 0 Å². The Kier molecular flexibility index (Phi) is 3.81. The van der Waals surface area contributed by atoms with Gasteiger partial charge in [-0.15, -0.1) is 11.6 Å². The molecule has 7 nitrogen and oxygen atoms in total. The van der Waals surface area contributed by atoms with Crippen LogP contribution < -0.4 is 5.32 Å². The minimum absolute atomic E-state index is 0.0423. The number of pyridine rings is 1. The number of hydrogen-bond acceptors (Lipinski definition) is 6. The molecule has 0 saturated heterocycles. The van der Waals surface area contributed by atoms with E-state index in [1.54, 1.807) is 0 Å². The Labute approximate surface area is 111 Å². The van der Waals surface area contributed by atoms with E-state index in [-0.39, 0.29) is 28.9 Å². The van der Waals surface area contributed by atoms with Crippen molar-refractivity contribution in [3.8, 4) is 0 Å². The summed E-state index contributed by atoms with van der Waals surface area (Å²) < 4.78 is 12.9. The van der Waals surface area contributed by atoms with Gasteiger partial charge in [0.1, 0.15) is 5.69 Å². The van der Waals surface area contributed by atoms with Crippen LogP contribution in [0.25, 0.3) is 0 Å². The lowest BCUT2D eigenvalue weighted by molar-refractivity contribution is -0.384. The van der Waals surface area contributed by atoms with Crippen molar-refractivity contribution in [2.75, 3.05) is 5.32 Å². The van der Waals surface area contributed by atoms with Crippen LogP contribution in [-0.4, -0.2) is 19.9 Å². The fourth-order valence-electron chi connectivity index (χ4n) is 1.39. The average molecular weight is 284 g/mol. The number of anilines is 2. The largest absolute Gasteiger partial charge is 0.317 e. The third-order valence-electron chi connectivity index (χ3n) is 2.19. The van der Waals surface area contributed by atoms with Crippen LogP contribution in [0.3, 0.4) is 0 Å². The number of nitro groups is 1. The molecule has 0 aliphatic rings. The summed E-state index contributed by atoms with van der Waals surface area (Å²) in [5.74, 6) is -0.904. The van der Waals surface area contributed by atoms with Gasteiger partial charge in [-0.05, 0) is 0 Å². The second-order valence-corrected chi connectivity index (χ2v) is 3.64. The van der Waals surface area contributed by atoms with Crippen molar-refractivity contribution in [2.45, 2.75) is 5.88 Å². The van der Waals surface area contributed by atoms with E-state index in [9.17, 15) is 14.5 Å². The highest BCUT2D eigenvalue weighted by atomic mass is 35.5. The molecule has 0 radical (unpaired) electrons. The van der Waals surface area contributed by atoms with Crippen LogP contribution in [0.2, 0.25) is 0 Å². The Hall–Kier alpha value is -2.35. The molecule has 0 aliphatic heterocycles. The highest BCUT2D eigenvalue weighted by Crippen LogP contribution is 2.29. The van der Waals surface area contributed by atoms with Crippen molar-refractivity contribution in [3.63, 3.8) is 0 Å². The molecule has 0 aromatic carbocycles. The van der Waals surface area contributed by atoms with Crippen molar-refractivity contribution in [3.05, 3.63) is 46.3 Å². The van der Waals surface area contributed by atoms with Gasteiger partial charge in [-0.1, -0.05) is 0 Å². The van der Waals surface area contributed by atoms with E-state index in [4.69, 9.17) is 11.6 Å². The van der Waals surface area contributed by atoms with Crippen LogP contribution >= 0.6 is 11.6 Å². The Morgan fingerprint density at radius 3 is 2.74 bits per heavy atom. The van der Waals surface area contributed by atoms with E-state index in [0.29, 0.717) is 0 Å². The summed E-state index contributed by atoms with van der Waals surface area (Å²) in [7, 11) is 0. The molecule has 2 rings (SSSR count). The molecule has 0 atom stereocenters. The number of halogens is 2. The summed E-state index contributed by atoms with van der Waals surface area (Å²) in [4.78, 5) is 21.5. The maximum Gasteiger partial charge on any atom is 0.296 e. The van der Waals surface area contributed by atoms with Crippen LogP contribution in [0, 0.1) is 16.1 Å². The molecule has 2 heterocycles. The van der Waals surface area contributed by atoms with Gasteiger partial charge in [0.15, 0.2) is 0 Å². The number of aromatic nitrogens is 3. The van der Waals surface area contributed by atoms with Crippen LogP contribution in [-0.2, 0) is 5.88 Å². The molecule has 0 spiro atoms. The Morgan fingerprint density at radius 1 is 1.37 bits per heavy atom. The second-order valence-electron chi connectivity index (χ2n) is 3.37. The van der Waals surface area contributed by atoms with Crippen molar-refractivity contribution < 1.29 is 9.31 Å². The Balaban J connectivity index is 2.46. The number of hydrogen-bond donors (Lipinski definition) is 1. The lowest BCUT2D eigenvalue weighted by Gasteiger charge is -2.08. The zero-order valence-electron chi connectivity index (χ0n) is 9.38.